The van der Waals surface area contributed by atoms with Crippen LogP contribution >= 0.6 is 0 Å². The highest BCUT2D eigenvalue weighted by Crippen LogP contribution is 2.32. The van der Waals surface area contributed by atoms with Crippen LogP contribution in [0.15, 0.2) is 35.5 Å². The van der Waals surface area contributed by atoms with Crippen molar-refractivity contribution < 1.29 is 19.0 Å². The molecule has 0 heterocycles. The van der Waals surface area contributed by atoms with Crippen LogP contribution in [0.3, 0.4) is 0 Å². The number of benzene rings is 1. The highest BCUT2D eigenvalue weighted by Gasteiger charge is 2.25. The van der Waals surface area contributed by atoms with Crippen LogP contribution in [0.4, 0.5) is 0 Å². The number of methoxy groups -OCH3 is 2. The topological polar surface area (TPSA) is 63.6 Å². The molecule has 7 heteroatoms. The van der Waals surface area contributed by atoms with E-state index in [0.717, 1.165) is 43.6 Å². The molecule has 0 aromatic heterocycles. The van der Waals surface area contributed by atoms with E-state index in [-0.39, 0.29) is 17.7 Å². The number of amides is 1. The molecule has 0 bridgehead atoms. The van der Waals surface area contributed by atoms with E-state index in [4.69, 9.17) is 19.3 Å². The molecule has 0 saturated heterocycles. The van der Waals surface area contributed by atoms with Gasteiger partial charge in [0.05, 0.1) is 19.4 Å². The standard InChI is InChI=1S/C31H53N3O4/c1-11-34(12-2)31(35)27(24(5)6)17-14-13-16-26(23(3)4)30(32-33(7)8)25-18-19-28(37-10)29(22-25)38-21-15-20-36-9/h13-14,18-19,22-24,26-27H,11-12,15-17,20-21H2,1-10H3/b14-13+,32-30?. The number of rotatable bonds is 18. The largest absolute Gasteiger partial charge is 0.493 e. The maximum Gasteiger partial charge on any atom is 0.226 e. The summed E-state index contributed by atoms with van der Waals surface area (Å²) in [4.78, 5) is 15.0. The van der Waals surface area contributed by atoms with Crippen molar-refractivity contribution in [1.29, 1.82) is 0 Å². The first-order valence-corrected chi connectivity index (χ1v) is 14.1. The zero-order chi connectivity index (χ0) is 28.7. The molecule has 0 aliphatic rings. The van der Waals surface area contributed by atoms with Gasteiger partial charge < -0.3 is 24.1 Å². The minimum atomic E-state index is -0.00188. The zero-order valence-corrected chi connectivity index (χ0v) is 25.6. The van der Waals surface area contributed by atoms with Gasteiger partial charge in [-0.3, -0.25) is 4.79 Å². The number of hydrogen-bond donors (Lipinski definition) is 0. The van der Waals surface area contributed by atoms with Gasteiger partial charge in [-0.1, -0.05) is 39.8 Å². The van der Waals surface area contributed by atoms with E-state index in [2.05, 4.69) is 45.9 Å². The Kier molecular flexibility index (Phi) is 15.8. The van der Waals surface area contributed by atoms with Crippen LogP contribution in [-0.4, -0.2) is 76.1 Å². The van der Waals surface area contributed by atoms with Gasteiger partial charge in [-0.05, 0) is 56.7 Å². The summed E-state index contributed by atoms with van der Waals surface area (Å²) in [7, 11) is 7.25. The van der Waals surface area contributed by atoms with Crippen molar-refractivity contribution in [2.75, 3.05) is 54.6 Å². The zero-order valence-electron chi connectivity index (χ0n) is 25.6. The number of hydrazone groups is 1. The number of carbonyl (C=O) groups is 1. The van der Waals surface area contributed by atoms with Crippen molar-refractivity contribution in [1.82, 2.24) is 9.91 Å². The van der Waals surface area contributed by atoms with Gasteiger partial charge in [0, 0.05) is 64.7 Å². The second-order valence-electron chi connectivity index (χ2n) is 10.5. The first-order chi connectivity index (χ1) is 18.1. The van der Waals surface area contributed by atoms with Gasteiger partial charge in [0.25, 0.3) is 0 Å². The molecule has 0 aliphatic heterocycles. The maximum absolute atomic E-state index is 13.0. The van der Waals surface area contributed by atoms with Crippen LogP contribution in [0.2, 0.25) is 0 Å². The molecular weight excluding hydrogens is 478 g/mol. The lowest BCUT2D eigenvalue weighted by molar-refractivity contribution is -0.136. The molecule has 1 amide bonds. The molecule has 1 aromatic carbocycles. The third-order valence-electron chi connectivity index (χ3n) is 6.82. The van der Waals surface area contributed by atoms with E-state index in [0.29, 0.717) is 36.5 Å². The van der Waals surface area contributed by atoms with Crippen LogP contribution in [0, 0.1) is 23.7 Å². The van der Waals surface area contributed by atoms with Gasteiger partial charge in [-0.2, -0.15) is 5.10 Å². The highest BCUT2D eigenvalue weighted by molar-refractivity contribution is 6.02. The molecule has 0 saturated carbocycles. The maximum atomic E-state index is 13.0. The molecule has 0 fully saturated rings. The van der Waals surface area contributed by atoms with Gasteiger partial charge >= 0.3 is 0 Å². The number of allylic oxidation sites excluding steroid dienone is 2. The van der Waals surface area contributed by atoms with Crippen LogP contribution < -0.4 is 9.47 Å². The van der Waals surface area contributed by atoms with Crippen LogP contribution in [0.5, 0.6) is 11.5 Å². The molecule has 1 aromatic rings. The molecule has 2 atom stereocenters. The Morgan fingerprint density at radius 1 is 0.921 bits per heavy atom. The Morgan fingerprint density at radius 2 is 1.53 bits per heavy atom. The summed E-state index contributed by atoms with van der Waals surface area (Å²) in [5.41, 5.74) is 2.03. The van der Waals surface area contributed by atoms with E-state index >= 15 is 0 Å². The number of hydrogen-bond acceptors (Lipinski definition) is 6. The fourth-order valence-corrected chi connectivity index (χ4v) is 4.51. The third kappa shape index (κ3) is 10.7. The fourth-order valence-electron chi connectivity index (χ4n) is 4.51. The van der Waals surface area contributed by atoms with Gasteiger partial charge in [0.1, 0.15) is 0 Å². The summed E-state index contributed by atoms with van der Waals surface area (Å²) in [5, 5.41) is 6.79. The number of ether oxygens (including phenoxy) is 3. The summed E-state index contributed by atoms with van der Waals surface area (Å²) < 4.78 is 16.7. The predicted octanol–water partition coefficient (Wildman–Crippen LogP) is 6.13. The first-order valence-electron chi connectivity index (χ1n) is 14.1. The van der Waals surface area contributed by atoms with E-state index < -0.39 is 0 Å². The molecule has 1 rings (SSSR count). The molecule has 2 unspecified atom stereocenters. The quantitative estimate of drug-likeness (QED) is 0.0987. The second kappa shape index (κ2) is 17.9. The SMILES string of the molecule is CCN(CC)C(=O)C(C/C=C/CC(C(=NN(C)C)c1ccc(OC)c(OCCCOC)c1)C(C)C)C(C)C. The molecular formula is C31H53N3O4. The lowest BCUT2D eigenvalue weighted by Crippen LogP contribution is -2.37. The van der Waals surface area contributed by atoms with E-state index in [1.807, 2.05) is 50.0 Å². The summed E-state index contributed by atoms with van der Waals surface area (Å²) in [6, 6.07) is 6.04. The van der Waals surface area contributed by atoms with Crippen molar-refractivity contribution >= 4 is 11.6 Å². The normalized spacial score (nSPS) is 13.7. The molecule has 0 aliphatic carbocycles. The first kappa shape index (κ1) is 33.5. The number of nitrogens with zero attached hydrogens (tertiary/aromatic N) is 3. The van der Waals surface area contributed by atoms with E-state index in [9.17, 15) is 4.79 Å². The molecule has 7 nitrogen and oxygen atoms in total. The van der Waals surface area contributed by atoms with Gasteiger partial charge in [-0.25, -0.2) is 0 Å². The van der Waals surface area contributed by atoms with Crippen LogP contribution in [0.25, 0.3) is 0 Å². The van der Waals surface area contributed by atoms with Crippen LogP contribution in [0.1, 0.15) is 66.4 Å². The second-order valence-corrected chi connectivity index (χ2v) is 10.5. The summed E-state index contributed by atoms with van der Waals surface area (Å²) in [6.45, 7) is 15.5. The Balaban J connectivity index is 3.19. The highest BCUT2D eigenvalue weighted by atomic mass is 16.5. The predicted molar refractivity (Wildman–Crippen MR) is 158 cm³/mol. The minimum absolute atomic E-state index is 0.00188. The molecule has 0 spiro atoms. The minimum Gasteiger partial charge on any atom is -0.493 e. The Labute approximate surface area is 232 Å². The Hall–Kier alpha value is -2.54. The van der Waals surface area contributed by atoms with Crippen molar-refractivity contribution in [3.8, 4) is 11.5 Å². The van der Waals surface area contributed by atoms with Gasteiger partial charge in [0.2, 0.25) is 5.91 Å². The summed E-state index contributed by atoms with van der Waals surface area (Å²) in [5.74, 6) is 2.51. The molecule has 0 radical (unpaired) electrons. The monoisotopic (exact) mass is 531 g/mol. The van der Waals surface area contributed by atoms with Crippen molar-refractivity contribution in [3.63, 3.8) is 0 Å². The smallest absolute Gasteiger partial charge is 0.226 e. The molecule has 0 N–H and O–H groups in total. The number of carbonyl (C=O) groups excluding carboxylic acids is 1. The van der Waals surface area contributed by atoms with Gasteiger partial charge in [-0.15, -0.1) is 0 Å². The fraction of sp³-hybridized carbons (Fsp3) is 0.677. The van der Waals surface area contributed by atoms with Crippen molar-refractivity contribution in [2.24, 2.45) is 28.8 Å². The summed E-state index contributed by atoms with van der Waals surface area (Å²) in [6.07, 6.45) is 6.81. The third-order valence-corrected chi connectivity index (χ3v) is 6.82. The molecule has 38 heavy (non-hydrogen) atoms. The Morgan fingerprint density at radius 3 is 2.03 bits per heavy atom. The lowest BCUT2D eigenvalue weighted by Gasteiger charge is -2.27. The van der Waals surface area contributed by atoms with Gasteiger partial charge in [0.15, 0.2) is 11.5 Å². The van der Waals surface area contributed by atoms with E-state index in [1.54, 1.807) is 14.2 Å². The van der Waals surface area contributed by atoms with Crippen LogP contribution in [-0.2, 0) is 9.53 Å². The average molecular weight is 532 g/mol. The van der Waals surface area contributed by atoms with E-state index in [1.165, 1.54) is 0 Å². The summed E-state index contributed by atoms with van der Waals surface area (Å²) >= 11 is 0. The van der Waals surface area contributed by atoms with Crippen molar-refractivity contribution in [2.45, 2.75) is 60.8 Å². The molecule has 216 valence electrons. The van der Waals surface area contributed by atoms with Crippen molar-refractivity contribution in [3.05, 3.63) is 35.9 Å². The average Bonchev–Trinajstić information content (AvgIpc) is 2.87. The lowest BCUT2D eigenvalue weighted by atomic mass is 9.84. The Bertz CT molecular complexity index is 876.